The number of aromatic nitrogens is 2. The second-order valence-electron chi connectivity index (χ2n) is 5.73. The van der Waals surface area contributed by atoms with E-state index in [0.29, 0.717) is 31.9 Å². The molecule has 1 aromatic heterocycles. The van der Waals surface area contributed by atoms with Crippen molar-refractivity contribution in [3.05, 3.63) is 46.7 Å². The third kappa shape index (κ3) is 4.70. The molecule has 0 radical (unpaired) electrons. The van der Waals surface area contributed by atoms with E-state index in [1.165, 1.54) is 4.31 Å². The lowest BCUT2D eigenvalue weighted by molar-refractivity contribution is 0.0730. The van der Waals surface area contributed by atoms with Crippen LogP contribution in [-0.2, 0) is 14.8 Å². The predicted octanol–water partition coefficient (Wildman–Crippen LogP) is 1.03. The Hall–Kier alpha value is -1.75. The molecule has 1 aliphatic heterocycles. The van der Waals surface area contributed by atoms with Gasteiger partial charge in [0.25, 0.3) is 5.91 Å². The fourth-order valence-electron chi connectivity index (χ4n) is 2.56. The summed E-state index contributed by atoms with van der Waals surface area (Å²) in [6, 6.07) is 6.91. The lowest BCUT2D eigenvalue weighted by Crippen LogP contribution is -2.43. The number of rotatable bonds is 6. The predicted molar refractivity (Wildman–Crippen MR) is 99.8 cm³/mol. The maximum absolute atomic E-state index is 12.2. The largest absolute Gasteiger partial charge is 0.379 e. The van der Waals surface area contributed by atoms with Crippen LogP contribution in [-0.4, -0.2) is 67.0 Å². The minimum Gasteiger partial charge on any atom is -0.379 e. The van der Waals surface area contributed by atoms with Crippen molar-refractivity contribution in [3.8, 4) is 5.69 Å². The molecule has 10 heteroatoms. The van der Waals surface area contributed by atoms with Gasteiger partial charge in [-0.1, -0.05) is 0 Å². The minimum atomic E-state index is -3.38. The summed E-state index contributed by atoms with van der Waals surface area (Å²) >= 11 is 3.33. The van der Waals surface area contributed by atoms with Crippen LogP contribution in [0, 0.1) is 0 Å². The van der Waals surface area contributed by atoms with Gasteiger partial charge in [0.15, 0.2) is 0 Å². The van der Waals surface area contributed by atoms with Crippen molar-refractivity contribution in [3.63, 3.8) is 0 Å². The number of hydrogen-bond donors (Lipinski definition) is 1. The summed E-state index contributed by atoms with van der Waals surface area (Å²) in [4.78, 5) is 12.2. The molecule has 26 heavy (non-hydrogen) atoms. The van der Waals surface area contributed by atoms with Gasteiger partial charge >= 0.3 is 0 Å². The number of carbonyl (C=O) groups is 1. The molecule has 0 spiro atoms. The molecule has 1 amide bonds. The molecule has 1 N–H and O–H groups in total. The second-order valence-corrected chi connectivity index (χ2v) is 8.74. The molecule has 0 bridgehead atoms. The molecular weight excluding hydrogens is 424 g/mol. The van der Waals surface area contributed by atoms with Crippen molar-refractivity contribution in [1.82, 2.24) is 19.4 Å². The molecule has 1 aromatic carbocycles. The fourth-order valence-corrected chi connectivity index (χ4v) is 4.17. The summed E-state index contributed by atoms with van der Waals surface area (Å²) in [5.74, 6) is -0.437. The van der Waals surface area contributed by atoms with Crippen molar-refractivity contribution in [2.45, 2.75) is 0 Å². The Labute approximate surface area is 160 Å². The van der Waals surface area contributed by atoms with Crippen LogP contribution in [0.15, 0.2) is 41.1 Å². The molecule has 2 aromatic rings. The van der Waals surface area contributed by atoms with Crippen LogP contribution in [0.3, 0.4) is 0 Å². The van der Waals surface area contributed by atoms with Crippen LogP contribution >= 0.6 is 15.9 Å². The van der Waals surface area contributed by atoms with Crippen LogP contribution in [0.25, 0.3) is 5.69 Å². The van der Waals surface area contributed by atoms with E-state index in [2.05, 4.69) is 26.3 Å². The number of nitrogens with one attached hydrogen (secondary N) is 1. The lowest BCUT2D eigenvalue weighted by Gasteiger charge is -2.26. The number of amides is 1. The van der Waals surface area contributed by atoms with Gasteiger partial charge in [-0.25, -0.2) is 13.1 Å². The molecule has 2 heterocycles. The summed E-state index contributed by atoms with van der Waals surface area (Å²) < 4.78 is 33.5. The number of halogens is 1. The topological polar surface area (TPSA) is 93.5 Å². The molecule has 0 unspecified atom stereocenters. The van der Waals surface area contributed by atoms with Crippen molar-refractivity contribution in [2.75, 3.05) is 38.6 Å². The van der Waals surface area contributed by atoms with Crippen molar-refractivity contribution in [2.24, 2.45) is 0 Å². The average Bonchev–Trinajstić information content (AvgIpc) is 3.09. The molecule has 8 nitrogen and oxygen atoms in total. The van der Waals surface area contributed by atoms with Gasteiger partial charge in [0.2, 0.25) is 10.0 Å². The van der Waals surface area contributed by atoms with Crippen LogP contribution < -0.4 is 5.32 Å². The highest BCUT2D eigenvalue weighted by atomic mass is 79.9. The lowest BCUT2D eigenvalue weighted by atomic mass is 10.2. The molecular formula is C16H19BrN4O4S. The zero-order valence-corrected chi connectivity index (χ0v) is 16.4. The first-order valence-corrected chi connectivity index (χ1v) is 10.5. The molecule has 3 rings (SSSR count). The number of morpholine rings is 1. The summed E-state index contributed by atoms with van der Waals surface area (Å²) in [5.41, 5.74) is 1.28. The van der Waals surface area contributed by atoms with E-state index in [-0.39, 0.29) is 18.2 Å². The average molecular weight is 443 g/mol. The van der Waals surface area contributed by atoms with E-state index < -0.39 is 10.0 Å². The first-order valence-electron chi connectivity index (χ1n) is 8.10. The number of hydrogen-bond acceptors (Lipinski definition) is 5. The smallest absolute Gasteiger partial charge is 0.251 e. The van der Waals surface area contributed by atoms with Crippen LogP contribution in [0.2, 0.25) is 0 Å². The first kappa shape index (κ1) is 19.0. The molecule has 0 saturated carbocycles. The van der Waals surface area contributed by atoms with E-state index in [0.717, 1.165) is 10.2 Å². The maximum atomic E-state index is 12.2. The van der Waals surface area contributed by atoms with Gasteiger partial charge in [-0.3, -0.25) is 4.79 Å². The van der Waals surface area contributed by atoms with Gasteiger partial charge in [0.1, 0.15) is 0 Å². The molecule has 0 aliphatic carbocycles. The van der Waals surface area contributed by atoms with E-state index in [1.54, 1.807) is 35.1 Å². The third-order valence-electron chi connectivity index (χ3n) is 3.95. The van der Waals surface area contributed by atoms with E-state index >= 15 is 0 Å². The fraction of sp³-hybridized carbons (Fsp3) is 0.375. The van der Waals surface area contributed by atoms with Crippen molar-refractivity contribution < 1.29 is 17.9 Å². The number of sulfonamides is 1. The van der Waals surface area contributed by atoms with Crippen LogP contribution in [0.4, 0.5) is 0 Å². The molecule has 140 valence electrons. The SMILES string of the molecule is O=C(NCCS(=O)(=O)N1CCOCC1)c1ccc(-n2cc(Br)cn2)cc1. The Morgan fingerprint density at radius 2 is 1.92 bits per heavy atom. The maximum Gasteiger partial charge on any atom is 0.251 e. The number of ether oxygens (including phenoxy) is 1. The summed E-state index contributed by atoms with van der Waals surface area (Å²) in [7, 11) is -3.38. The van der Waals surface area contributed by atoms with Gasteiger partial charge in [-0.05, 0) is 40.2 Å². The van der Waals surface area contributed by atoms with Crippen molar-refractivity contribution in [1.29, 1.82) is 0 Å². The zero-order chi connectivity index (χ0) is 18.6. The Balaban J connectivity index is 1.53. The first-order chi connectivity index (χ1) is 12.5. The summed E-state index contributed by atoms with van der Waals surface area (Å²) in [6.45, 7) is 1.60. The normalized spacial score (nSPS) is 15.7. The number of carbonyl (C=O) groups excluding carboxylic acids is 1. The monoisotopic (exact) mass is 442 g/mol. The second kappa shape index (κ2) is 8.30. The van der Waals surface area contributed by atoms with Gasteiger partial charge in [-0.15, -0.1) is 0 Å². The molecule has 1 fully saturated rings. The summed E-state index contributed by atoms with van der Waals surface area (Å²) in [5, 5.41) is 6.82. The standard InChI is InChI=1S/C16H19BrN4O4S/c17-14-11-19-21(12-14)15-3-1-13(2-4-15)16(22)18-5-10-26(23,24)20-6-8-25-9-7-20/h1-4,11-12H,5-10H2,(H,18,22). The quantitative estimate of drug-likeness (QED) is 0.720. The molecule has 1 saturated heterocycles. The van der Waals surface area contributed by atoms with Crippen LogP contribution in [0.5, 0.6) is 0 Å². The number of nitrogens with zero attached hydrogens (tertiary/aromatic N) is 3. The van der Waals surface area contributed by atoms with Gasteiger partial charge in [-0.2, -0.15) is 9.40 Å². The highest BCUT2D eigenvalue weighted by Gasteiger charge is 2.24. The van der Waals surface area contributed by atoms with Gasteiger partial charge in [0.05, 0.1) is 35.3 Å². The molecule has 1 aliphatic rings. The van der Waals surface area contributed by atoms with Crippen molar-refractivity contribution >= 4 is 31.9 Å². The Morgan fingerprint density at radius 3 is 2.54 bits per heavy atom. The Morgan fingerprint density at radius 1 is 1.23 bits per heavy atom. The Bertz CT molecular complexity index is 861. The van der Waals surface area contributed by atoms with E-state index in [9.17, 15) is 13.2 Å². The summed E-state index contributed by atoms with van der Waals surface area (Å²) in [6.07, 6.45) is 3.49. The van der Waals surface area contributed by atoms with Gasteiger partial charge < -0.3 is 10.1 Å². The zero-order valence-electron chi connectivity index (χ0n) is 14.0. The highest BCUT2D eigenvalue weighted by Crippen LogP contribution is 2.13. The van der Waals surface area contributed by atoms with Gasteiger partial charge in [0, 0.05) is 31.4 Å². The van der Waals surface area contributed by atoms with E-state index in [1.807, 2.05) is 6.20 Å². The van der Waals surface area contributed by atoms with E-state index in [4.69, 9.17) is 4.74 Å². The molecule has 0 atom stereocenters. The minimum absolute atomic E-state index is 0.0619. The Kier molecular flexibility index (Phi) is 6.07. The number of benzene rings is 1. The van der Waals surface area contributed by atoms with Crippen LogP contribution in [0.1, 0.15) is 10.4 Å². The highest BCUT2D eigenvalue weighted by molar-refractivity contribution is 9.10. The third-order valence-corrected chi connectivity index (χ3v) is 6.24.